The van der Waals surface area contributed by atoms with E-state index in [1.807, 2.05) is 12.1 Å². The first-order valence-electron chi connectivity index (χ1n) is 7.39. The Bertz CT molecular complexity index is 593. The van der Waals surface area contributed by atoms with E-state index in [2.05, 4.69) is 31.4 Å². The van der Waals surface area contributed by atoms with Crippen LogP contribution in [-0.4, -0.2) is 9.55 Å². The molecule has 1 aromatic carbocycles. The lowest BCUT2D eigenvalue weighted by Gasteiger charge is -2.24. The van der Waals surface area contributed by atoms with Crippen molar-refractivity contribution in [2.24, 2.45) is 5.92 Å². The van der Waals surface area contributed by atoms with Gasteiger partial charge in [-0.25, -0.2) is 4.98 Å². The molecule has 3 nitrogen and oxygen atoms in total. The van der Waals surface area contributed by atoms with Crippen LogP contribution in [0.3, 0.4) is 0 Å². The number of hydrogen-bond donors (Lipinski definition) is 1. The van der Waals surface area contributed by atoms with E-state index in [0.717, 1.165) is 17.6 Å². The maximum atomic E-state index is 5.89. The maximum absolute atomic E-state index is 5.89. The average molecular weight is 257 g/mol. The summed E-state index contributed by atoms with van der Waals surface area (Å²) in [6.45, 7) is 6.87. The number of nitrogens with two attached hydrogens (primary N) is 1. The number of benzene rings is 1. The minimum absolute atomic E-state index is 0.532. The third kappa shape index (κ3) is 2.11. The number of aromatic nitrogens is 2. The van der Waals surface area contributed by atoms with Gasteiger partial charge in [-0.3, -0.25) is 0 Å². The molecule has 1 aromatic heterocycles. The predicted octanol–water partition coefficient (Wildman–Crippen LogP) is 4.10. The van der Waals surface area contributed by atoms with E-state index < -0.39 is 0 Å². The number of nitrogens with zero attached hydrogens (tertiary/aromatic N) is 2. The minimum atomic E-state index is 0.532. The Balaban J connectivity index is 2.21. The second kappa shape index (κ2) is 4.55. The van der Waals surface area contributed by atoms with Crippen molar-refractivity contribution in [2.45, 2.75) is 52.0 Å². The van der Waals surface area contributed by atoms with E-state index in [0.29, 0.717) is 17.9 Å². The number of imidazole rings is 1. The molecule has 2 aromatic rings. The lowest BCUT2D eigenvalue weighted by molar-refractivity contribution is 0.364. The number of rotatable bonds is 4. The van der Waals surface area contributed by atoms with Crippen LogP contribution in [0.25, 0.3) is 11.0 Å². The van der Waals surface area contributed by atoms with Crippen molar-refractivity contribution in [2.75, 3.05) is 5.73 Å². The summed E-state index contributed by atoms with van der Waals surface area (Å²) in [7, 11) is 0. The molecule has 1 fully saturated rings. The van der Waals surface area contributed by atoms with E-state index in [1.54, 1.807) is 0 Å². The molecule has 1 atom stereocenters. The average Bonchev–Trinajstić information content (AvgIpc) is 3.13. The number of nitrogen functional groups attached to an aromatic ring is 1. The van der Waals surface area contributed by atoms with Gasteiger partial charge in [-0.05, 0) is 43.4 Å². The maximum Gasteiger partial charge on any atom is 0.113 e. The van der Waals surface area contributed by atoms with Crippen LogP contribution < -0.4 is 5.73 Å². The van der Waals surface area contributed by atoms with Crippen LogP contribution >= 0.6 is 0 Å². The lowest BCUT2D eigenvalue weighted by Crippen LogP contribution is -2.16. The quantitative estimate of drug-likeness (QED) is 0.838. The Hall–Kier alpha value is -1.51. The van der Waals surface area contributed by atoms with Crippen molar-refractivity contribution in [3.63, 3.8) is 0 Å². The van der Waals surface area contributed by atoms with Gasteiger partial charge in [0.1, 0.15) is 5.82 Å². The molecule has 3 heteroatoms. The molecule has 3 rings (SSSR count). The Morgan fingerprint density at radius 3 is 2.68 bits per heavy atom. The fourth-order valence-corrected chi connectivity index (χ4v) is 3.06. The van der Waals surface area contributed by atoms with E-state index in [4.69, 9.17) is 10.7 Å². The molecule has 1 unspecified atom stereocenters. The number of fused-ring (bicyclic) bond motifs is 1. The molecule has 1 heterocycles. The zero-order valence-corrected chi connectivity index (χ0v) is 12.1. The summed E-state index contributed by atoms with van der Waals surface area (Å²) in [5.41, 5.74) is 9.00. The standard InChI is InChI=1S/C16H23N3/c1-4-14(10(2)3)19-15-8-7-12(17)9-13(15)18-16(19)11-5-6-11/h7-11,14H,4-6,17H2,1-3H3. The van der Waals surface area contributed by atoms with E-state index in [1.165, 1.54) is 24.2 Å². The summed E-state index contributed by atoms with van der Waals surface area (Å²) < 4.78 is 2.48. The van der Waals surface area contributed by atoms with Gasteiger partial charge in [-0.15, -0.1) is 0 Å². The molecule has 1 aliphatic carbocycles. The first kappa shape index (κ1) is 12.5. The highest BCUT2D eigenvalue weighted by Gasteiger charge is 2.32. The van der Waals surface area contributed by atoms with Crippen LogP contribution in [0.15, 0.2) is 18.2 Å². The summed E-state index contributed by atoms with van der Waals surface area (Å²) in [5.74, 6) is 2.57. The first-order chi connectivity index (χ1) is 9.11. The van der Waals surface area contributed by atoms with Gasteiger partial charge in [0.2, 0.25) is 0 Å². The Morgan fingerprint density at radius 1 is 1.37 bits per heavy atom. The van der Waals surface area contributed by atoms with Gasteiger partial charge in [0.15, 0.2) is 0 Å². The van der Waals surface area contributed by atoms with E-state index >= 15 is 0 Å². The fraction of sp³-hybridized carbons (Fsp3) is 0.562. The molecule has 0 aliphatic heterocycles. The van der Waals surface area contributed by atoms with E-state index in [9.17, 15) is 0 Å². The zero-order chi connectivity index (χ0) is 13.6. The molecule has 0 radical (unpaired) electrons. The van der Waals surface area contributed by atoms with Gasteiger partial charge in [-0.1, -0.05) is 20.8 Å². The van der Waals surface area contributed by atoms with Gasteiger partial charge in [0.05, 0.1) is 11.0 Å². The molecule has 102 valence electrons. The first-order valence-corrected chi connectivity index (χ1v) is 7.39. The topological polar surface area (TPSA) is 43.8 Å². The van der Waals surface area contributed by atoms with Crippen molar-refractivity contribution >= 4 is 16.7 Å². The number of hydrogen-bond acceptors (Lipinski definition) is 2. The Labute approximate surface area is 114 Å². The number of anilines is 1. The summed E-state index contributed by atoms with van der Waals surface area (Å²) >= 11 is 0. The molecule has 1 aliphatic rings. The van der Waals surface area contributed by atoms with E-state index in [-0.39, 0.29) is 0 Å². The van der Waals surface area contributed by atoms with Crippen LogP contribution in [0, 0.1) is 5.92 Å². The van der Waals surface area contributed by atoms with Crippen LogP contribution in [0.4, 0.5) is 5.69 Å². The summed E-state index contributed by atoms with van der Waals surface area (Å²) in [4.78, 5) is 4.87. The van der Waals surface area contributed by atoms with Gasteiger partial charge < -0.3 is 10.3 Å². The Kier molecular flexibility index (Phi) is 3.00. The van der Waals surface area contributed by atoms with Crippen molar-refractivity contribution in [1.82, 2.24) is 9.55 Å². The fourth-order valence-electron chi connectivity index (χ4n) is 3.06. The van der Waals surface area contributed by atoms with Crippen LogP contribution in [0.1, 0.15) is 57.8 Å². The molecule has 0 spiro atoms. The van der Waals surface area contributed by atoms with Gasteiger partial charge in [0, 0.05) is 17.6 Å². The predicted molar refractivity (Wildman–Crippen MR) is 80.3 cm³/mol. The lowest BCUT2D eigenvalue weighted by atomic mass is 10.0. The van der Waals surface area contributed by atoms with Gasteiger partial charge in [0.25, 0.3) is 0 Å². The monoisotopic (exact) mass is 257 g/mol. The molecular weight excluding hydrogens is 234 g/mol. The normalized spacial score (nSPS) is 17.3. The molecule has 2 N–H and O–H groups in total. The molecule has 0 bridgehead atoms. The van der Waals surface area contributed by atoms with Crippen molar-refractivity contribution in [3.05, 3.63) is 24.0 Å². The highest BCUT2D eigenvalue weighted by molar-refractivity contribution is 5.80. The van der Waals surface area contributed by atoms with Gasteiger partial charge in [-0.2, -0.15) is 0 Å². The highest BCUT2D eigenvalue weighted by Crippen LogP contribution is 2.43. The summed E-state index contributed by atoms with van der Waals surface area (Å²) in [6.07, 6.45) is 3.72. The molecule has 0 saturated heterocycles. The van der Waals surface area contributed by atoms with Crippen LogP contribution in [-0.2, 0) is 0 Å². The van der Waals surface area contributed by atoms with Crippen molar-refractivity contribution < 1.29 is 0 Å². The van der Waals surface area contributed by atoms with Crippen LogP contribution in [0.5, 0.6) is 0 Å². The molecular formula is C16H23N3. The molecule has 1 saturated carbocycles. The second-order valence-corrected chi connectivity index (χ2v) is 6.08. The third-order valence-electron chi connectivity index (χ3n) is 4.20. The van der Waals surface area contributed by atoms with Gasteiger partial charge >= 0.3 is 0 Å². The van der Waals surface area contributed by atoms with Crippen LogP contribution in [0.2, 0.25) is 0 Å². The van der Waals surface area contributed by atoms with Crippen molar-refractivity contribution in [3.8, 4) is 0 Å². The summed E-state index contributed by atoms with van der Waals surface area (Å²) in [5, 5.41) is 0. The smallest absolute Gasteiger partial charge is 0.113 e. The zero-order valence-electron chi connectivity index (χ0n) is 12.1. The van der Waals surface area contributed by atoms with Crippen molar-refractivity contribution in [1.29, 1.82) is 0 Å². The molecule has 0 amide bonds. The summed E-state index contributed by atoms with van der Waals surface area (Å²) in [6, 6.07) is 6.66. The third-order valence-corrected chi connectivity index (χ3v) is 4.20. The second-order valence-electron chi connectivity index (χ2n) is 6.08. The largest absolute Gasteiger partial charge is 0.399 e. The minimum Gasteiger partial charge on any atom is -0.399 e. The Morgan fingerprint density at radius 2 is 2.11 bits per heavy atom. The highest BCUT2D eigenvalue weighted by atomic mass is 15.1. The SMILES string of the molecule is CCC(C(C)C)n1c(C2CC2)nc2cc(N)ccc21. The molecule has 19 heavy (non-hydrogen) atoms.